The average Bonchev–Trinajstić information content (AvgIpc) is 3.13. The van der Waals surface area contributed by atoms with Crippen molar-refractivity contribution in [2.45, 2.75) is 19.9 Å². The summed E-state index contributed by atoms with van der Waals surface area (Å²) in [5, 5.41) is 4.63. The summed E-state index contributed by atoms with van der Waals surface area (Å²) in [4.78, 5) is 12.8. The number of amides is 1. The first-order valence-electron chi connectivity index (χ1n) is 10.3. The predicted octanol–water partition coefficient (Wildman–Crippen LogP) is 5.85. The van der Waals surface area contributed by atoms with Crippen molar-refractivity contribution in [3.63, 3.8) is 0 Å². The summed E-state index contributed by atoms with van der Waals surface area (Å²) < 4.78 is 12.9. The lowest BCUT2D eigenvalue weighted by atomic mass is 10.1. The number of aromatic nitrogens is 1. The number of carbonyl (C=O) groups excluding carboxylic acids is 1. The molecule has 0 aliphatic rings. The van der Waals surface area contributed by atoms with Gasteiger partial charge < -0.3 is 19.4 Å². The second kappa shape index (κ2) is 9.37. The van der Waals surface area contributed by atoms with Gasteiger partial charge in [0.05, 0.1) is 20.6 Å². The van der Waals surface area contributed by atoms with Crippen LogP contribution in [0.25, 0.3) is 10.9 Å². The van der Waals surface area contributed by atoms with Gasteiger partial charge in [0.25, 0.3) is 0 Å². The third-order valence-corrected chi connectivity index (χ3v) is 5.85. The van der Waals surface area contributed by atoms with E-state index in [0.717, 1.165) is 39.1 Å². The summed E-state index contributed by atoms with van der Waals surface area (Å²) in [6, 6.07) is 19.5. The quantitative estimate of drug-likeness (QED) is 0.386. The fourth-order valence-electron chi connectivity index (χ4n) is 3.80. The van der Waals surface area contributed by atoms with Gasteiger partial charge in [-0.2, -0.15) is 0 Å². The van der Waals surface area contributed by atoms with E-state index in [1.54, 1.807) is 20.3 Å². The fourth-order valence-corrected chi connectivity index (χ4v) is 3.98. The smallest absolute Gasteiger partial charge is 0.228 e. The van der Waals surface area contributed by atoms with Crippen molar-refractivity contribution in [2.75, 3.05) is 19.5 Å². The first kappa shape index (κ1) is 21.8. The van der Waals surface area contributed by atoms with Crippen LogP contribution in [-0.2, 0) is 17.8 Å². The Morgan fingerprint density at radius 2 is 1.72 bits per heavy atom. The van der Waals surface area contributed by atoms with Crippen molar-refractivity contribution >= 4 is 34.1 Å². The highest BCUT2D eigenvalue weighted by atomic mass is 35.5. The van der Waals surface area contributed by atoms with E-state index in [0.29, 0.717) is 17.3 Å². The number of halogens is 1. The van der Waals surface area contributed by atoms with Crippen LogP contribution in [0.4, 0.5) is 5.69 Å². The number of hydrogen-bond acceptors (Lipinski definition) is 3. The van der Waals surface area contributed by atoms with Gasteiger partial charge in [0.2, 0.25) is 5.91 Å². The summed E-state index contributed by atoms with van der Waals surface area (Å²) >= 11 is 6.19. The molecule has 0 aliphatic carbocycles. The molecule has 1 aromatic heterocycles. The van der Waals surface area contributed by atoms with Gasteiger partial charge >= 0.3 is 0 Å². The molecule has 0 saturated carbocycles. The van der Waals surface area contributed by atoms with Crippen LogP contribution in [0.5, 0.6) is 11.5 Å². The fraction of sp³-hybridized carbons (Fsp3) is 0.192. The van der Waals surface area contributed by atoms with Gasteiger partial charge in [-0.1, -0.05) is 35.9 Å². The highest BCUT2D eigenvalue weighted by Crippen LogP contribution is 2.27. The summed E-state index contributed by atoms with van der Waals surface area (Å²) in [5.41, 5.74) is 4.74. The van der Waals surface area contributed by atoms with Crippen LogP contribution < -0.4 is 14.8 Å². The lowest BCUT2D eigenvalue weighted by molar-refractivity contribution is -0.115. The predicted molar refractivity (Wildman–Crippen MR) is 129 cm³/mol. The highest BCUT2D eigenvalue weighted by Gasteiger charge is 2.13. The molecule has 6 heteroatoms. The maximum Gasteiger partial charge on any atom is 0.228 e. The van der Waals surface area contributed by atoms with Crippen LogP contribution in [0.15, 0.2) is 66.9 Å². The maximum atomic E-state index is 12.8. The Kier molecular flexibility index (Phi) is 6.37. The van der Waals surface area contributed by atoms with E-state index in [1.165, 1.54) is 0 Å². The van der Waals surface area contributed by atoms with Crippen LogP contribution in [0, 0.1) is 6.92 Å². The van der Waals surface area contributed by atoms with Crippen molar-refractivity contribution in [1.29, 1.82) is 0 Å². The van der Waals surface area contributed by atoms with Gasteiger partial charge in [-0.3, -0.25) is 4.79 Å². The Labute approximate surface area is 192 Å². The van der Waals surface area contributed by atoms with Crippen LogP contribution in [0.2, 0.25) is 5.02 Å². The van der Waals surface area contributed by atoms with E-state index in [-0.39, 0.29) is 12.3 Å². The largest absolute Gasteiger partial charge is 0.497 e. The Morgan fingerprint density at radius 3 is 2.41 bits per heavy atom. The van der Waals surface area contributed by atoms with E-state index in [1.807, 2.05) is 61.7 Å². The summed E-state index contributed by atoms with van der Waals surface area (Å²) in [6.07, 6.45) is 2.30. The summed E-state index contributed by atoms with van der Waals surface area (Å²) in [5.74, 6) is 1.40. The molecule has 4 aromatic rings. The molecule has 1 N–H and O–H groups in total. The molecule has 0 spiro atoms. The molecule has 0 atom stereocenters. The number of nitrogens with zero attached hydrogens (tertiary/aromatic N) is 1. The van der Waals surface area contributed by atoms with Gasteiger partial charge in [0, 0.05) is 40.4 Å². The maximum absolute atomic E-state index is 12.8. The minimum atomic E-state index is -0.0872. The Balaban J connectivity index is 1.60. The number of carbonyl (C=O) groups is 1. The van der Waals surface area contributed by atoms with Gasteiger partial charge in [0.1, 0.15) is 11.5 Å². The molecular formula is C26H25ClN2O3. The van der Waals surface area contributed by atoms with Crippen LogP contribution in [0.1, 0.15) is 16.7 Å². The zero-order valence-corrected chi connectivity index (χ0v) is 19.1. The minimum absolute atomic E-state index is 0.0872. The summed E-state index contributed by atoms with van der Waals surface area (Å²) in [7, 11) is 3.28. The molecule has 1 amide bonds. The number of methoxy groups -OCH3 is 2. The lowest BCUT2D eigenvalue weighted by Gasteiger charge is -2.10. The van der Waals surface area contributed by atoms with E-state index in [2.05, 4.69) is 16.0 Å². The monoisotopic (exact) mass is 448 g/mol. The van der Waals surface area contributed by atoms with Gasteiger partial charge in [-0.25, -0.2) is 0 Å². The first-order chi connectivity index (χ1) is 15.5. The molecule has 4 rings (SSSR count). The molecule has 0 unspecified atom stereocenters. The molecule has 0 saturated heterocycles. The summed E-state index contributed by atoms with van der Waals surface area (Å²) in [6.45, 7) is 2.56. The van der Waals surface area contributed by atoms with Crippen LogP contribution >= 0.6 is 11.6 Å². The third kappa shape index (κ3) is 4.73. The lowest BCUT2D eigenvalue weighted by Crippen LogP contribution is -2.14. The number of para-hydroxylation sites is 1. The first-order valence-corrected chi connectivity index (χ1v) is 10.7. The van der Waals surface area contributed by atoms with Gasteiger partial charge in [0.15, 0.2) is 0 Å². The SMILES string of the molecule is COc1cc(Cn2cc(CC(=O)Nc3ccc(C)c(Cl)c3)c3ccccc32)cc(OC)c1. The van der Waals surface area contributed by atoms with E-state index < -0.39 is 0 Å². The van der Waals surface area contributed by atoms with Crippen molar-refractivity contribution in [1.82, 2.24) is 4.57 Å². The molecule has 0 aliphatic heterocycles. The number of benzene rings is 3. The highest BCUT2D eigenvalue weighted by molar-refractivity contribution is 6.31. The van der Waals surface area contributed by atoms with Crippen LogP contribution in [-0.4, -0.2) is 24.7 Å². The molecule has 3 aromatic carbocycles. The number of fused-ring (bicyclic) bond motifs is 1. The van der Waals surface area contributed by atoms with E-state index in [9.17, 15) is 4.79 Å². The number of hydrogen-bond donors (Lipinski definition) is 1. The number of nitrogens with one attached hydrogen (secondary N) is 1. The van der Waals surface area contributed by atoms with Gasteiger partial charge in [-0.15, -0.1) is 0 Å². The van der Waals surface area contributed by atoms with Gasteiger partial charge in [-0.05, 0) is 53.9 Å². The van der Waals surface area contributed by atoms with Crippen molar-refractivity contribution in [3.8, 4) is 11.5 Å². The van der Waals surface area contributed by atoms with Crippen molar-refractivity contribution in [2.24, 2.45) is 0 Å². The molecule has 164 valence electrons. The standard InChI is InChI=1S/C26H25ClN2O3/c1-17-8-9-20(13-24(17)27)28-26(30)12-19-16-29(25-7-5-4-6-23(19)25)15-18-10-21(31-2)14-22(11-18)32-3/h4-11,13-14,16H,12,15H2,1-3H3,(H,28,30). The number of aryl methyl sites for hydroxylation is 1. The zero-order valence-electron chi connectivity index (χ0n) is 18.3. The Bertz CT molecular complexity index is 1260. The minimum Gasteiger partial charge on any atom is -0.497 e. The van der Waals surface area contributed by atoms with Crippen molar-refractivity contribution in [3.05, 3.63) is 88.6 Å². The second-order valence-corrected chi connectivity index (χ2v) is 8.12. The Morgan fingerprint density at radius 1 is 1.00 bits per heavy atom. The molecule has 0 radical (unpaired) electrons. The Hall–Kier alpha value is -3.44. The third-order valence-electron chi connectivity index (χ3n) is 5.44. The van der Waals surface area contributed by atoms with Crippen molar-refractivity contribution < 1.29 is 14.3 Å². The van der Waals surface area contributed by atoms with Crippen LogP contribution in [0.3, 0.4) is 0 Å². The molecule has 1 heterocycles. The van der Waals surface area contributed by atoms with E-state index >= 15 is 0 Å². The molecule has 5 nitrogen and oxygen atoms in total. The van der Waals surface area contributed by atoms with E-state index in [4.69, 9.17) is 21.1 Å². The molecule has 0 fully saturated rings. The zero-order chi connectivity index (χ0) is 22.7. The normalized spacial score (nSPS) is 10.9. The number of rotatable bonds is 7. The molecule has 32 heavy (non-hydrogen) atoms. The second-order valence-electron chi connectivity index (χ2n) is 7.71. The number of ether oxygens (including phenoxy) is 2. The average molecular weight is 449 g/mol. The number of anilines is 1. The topological polar surface area (TPSA) is 52.5 Å². The molecular weight excluding hydrogens is 424 g/mol. The molecule has 0 bridgehead atoms.